The molecule has 0 bridgehead atoms. The van der Waals surface area contributed by atoms with E-state index >= 15 is 0 Å². The van der Waals surface area contributed by atoms with Crippen LogP contribution in [0.25, 0.3) is 0 Å². The van der Waals surface area contributed by atoms with Gasteiger partial charge in [-0.05, 0) is 43.9 Å². The molecule has 6 heteroatoms. The number of ether oxygens (including phenoxy) is 1. The zero-order valence-electron chi connectivity index (χ0n) is 11.8. The van der Waals surface area contributed by atoms with Crippen molar-refractivity contribution in [1.82, 2.24) is 10.2 Å². The van der Waals surface area contributed by atoms with E-state index in [1.165, 1.54) is 17.7 Å². The Kier molecular flexibility index (Phi) is 5.64. The van der Waals surface area contributed by atoms with E-state index in [0.29, 0.717) is 25.6 Å². The number of urea groups is 1. The second-order valence-corrected chi connectivity index (χ2v) is 5.82. The minimum Gasteiger partial charge on any atom is -0.480 e. The van der Waals surface area contributed by atoms with Crippen molar-refractivity contribution in [2.45, 2.75) is 32.1 Å². The zero-order chi connectivity index (χ0) is 14.4. The van der Waals surface area contributed by atoms with Crippen molar-refractivity contribution in [1.29, 1.82) is 0 Å². The van der Waals surface area contributed by atoms with Gasteiger partial charge in [0.05, 0.1) is 0 Å². The van der Waals surface area contributed by atoms with Gasteiger partial charge in [0.25, 0.3) is 0 Å². The third kappa shape index (κ3) is 6.23. The molecule has 0 spiro atoms. The molecule has 0 aliphatic heterocycles. The monoisotopic (exact) mass is 284 g/mol. The molecule has 2 rings (SSSR count). The number of hydrogen-bond acceptors (Lipinski definition) is 3. The second kappa shape index (κ2) is 7.47. The maximum atomic E-state index is 11.9. The first-order valence-electron chi connectivity index (χ1n) is 7.47. The van der Waals surface area contributed by atoms with Crippen LogP contribution in [0, 0.1) is 11.8 Å². The fourth-order valence-electron chi connectivity index (χ4n) is 2.01. The number of nitrogens with one attached hydrogen (secondary N) is 1. The number of carboxylic acids is 1. The van der Waals surface area contributed by atoms with Gasteiger partial charge in [0.1, 0.15) is 6.54 Å². The Morgan fingerprint density at radius 1 is 1.20 bits per heavy atom. The van der Waals surface area contributed by atoms with Crippen LogP contribution in [0.1, 0.15) is 32.1 Å². The molecule has 0 unspecified atom stereocenters. The van der Waals surface area contributed by atoms with Gasteiger partial charge in [-0.15, -0.1) is 0 Å². The molecular formula is C14H24N2O4. The number of hydrogen-bond donors (Lipinski definition) is 2. The molecule has 2 saturated carbocycles. The van der Waals surface area contributed by atoms with Crippen LogP contribution in [0.5, 0.6) is 0 Å². The lowest BCUT2D eigenvalue weighted by molar-refractivity contribution is -0.137. The summed E-state index contributed by atoms with van der Waals surface area (Å²) < 4.78 is 5.48. The van der Waals surface area contributed by atoms with Gasteiger partial charge in [-0.3, -0.25) is 4.79 Å². The van der Waals surface area contributed by atoms with Crippen molar-refractivity contribution in [3.63, 3.8) is 0 Å². The van der Waals surface area contributed by atoms with Crippen molar-refractivity contribution < 1.29 is 19.4 Å². The van der Waals surface area contributed by atoms with Gasteiger partial charge < -0.3 is 20.1 Å². The van der Waals surface area contributed by atoms with Crippen molar-refractivity contribution in [3.05, 3.63) is 0 Å². The van der Waals surface area contributed by atoms with Gasteiger partial charge in [0, 0.05) is 26.3 Å². The van der Waals surface area contributed by atoms with E-state index < -0.39 is 5.97 Å². The van der Waals surface area contributed by atoms with Gasteiger partial charge >= 0.3 is 12.0 Å². The summed E-state index contributed by atoms with van der Waals surface area (Å²) in [5, 5.41) is 11.6. The van der Waals surface area contributed by atoms with Gasteiger partial charge in [-0.2, -0.15) is 0 Å². The fourth-order valence-corrected chi connectivity index (χ4v) is 2.01. The number of carbonyl (C=O) groups excluding carboxylic acids is 1. The lowest BCUT2D eigenvalue weighted by atomic mass is 10.3. The molecule has 6 nitrogen and oxygen atoms in total. The molecule has 2 aliphatic carbocycles. The van der Waals surface area contributed by atoms with Crippen molar-refractivity contribution in [2.24, 2.45) is 11.8 Å². The SMILES string of the molecule is O=C(O)CN(CC1CC1)C(=O)NCCCOCC1CC1. The molecule has 2 N–H and O–H groups in total. The minimum atomic E-state index is -0.964. The highest BCUT2D eigenvalue weighted by Crippen LogP contribution is 2.29. The molecule has 0 atom stereocenters. The van der Waals surface area contributed by atoms with E-state index in [0.717, 1.165) is 31.8 Å². The summed E-state index contributed by atoms with van der Waals surface area (Å²) in [4.78, 5) is 24.1. The highest BCUT2D eigenvalue weighted by atomic mass is 16.5. The number of aliphatic carboxylic acids is 1. The molecule has 0 aromatic heterocycles. The van der Waals surface area contributed by atoms with Crippen LogP contribution in [0.15, 0.2) is 0 Å². The standard InChI is InChI=1S/C14H24N2O4/c17-13(18)9-16(8-11-2-3-11)14(19)15-6-1-7-20-10-12-4-5-12/h11-12H,1-10H2,(H,15,19)(H,17,18). The van der Waals surface area contributed by atoms with Crippen molar-refractivity contribution >= 4 is 12.0 Å². The molecule has 0 saturated heterocycles. The quantitative estimate of drug-likeness (QED) is 0.593. The van der Waals surface area contributed by atoms with Gasteiger partial charge in [0.2, 0.25) is 0 Å². The van der Waals surface area contributed by atoms with Crippen LogP contribution < -0.4 is 5.32 Å². The van der Waals surface area contributed by atoms with Crippen LogP contribution in [-0.2, 0) is 9.53 Å². The number of rotatable bonds is 10. The maximum absolute atomic E-state index is 11.9. The van der Waals surface area contributed by atoms with E-state index in [2.05, 4.69) is 5.32 Å². The molecule has 2 amide bonds. The van der Waals surface area contributed by atoms with Crippen LogP contribution >= 0.6 is 0 Å². The predicted molar refractivity (Wildman–Crippen MR) is 73.5 cm³/mol. The normalized spacial score (nSPS) is 17.8. The molecular weight excluding hydrogens is 260 g/mol. The number of amides is 2. The minimum absolute atomic E-state index is 0.222. The summed E-state index contributed by atoms with van der Waals surface area (Å²) in [6.07, 6.45) is 5.52. The topological polar surface area (TPSA) is 78.9 Å². The Morgan fingerprint density at radius 2 is 1.90 bits per heavy atom. The van der Waals surface area contributed by atoms with Gasteiger partial charge in [-0.25, -0.2) is 4.79 Å². The Balaban J connectivity index is 1.55. The molecule has 0 heterocycles. The first kappa shape index (κ1) is 15.1. The van der Waals surface area contributed by atoms with Crippen LogP contribution in [0.2, 0.25) is 0 Å². The molecule has 114 valence electrons. The highest BCUT2D eigenvalue weighted by molar-refractivity contribution is 5.80. The van der Waals surface area contributed by atoms with Crippen LogP contribution in [0.3, 0.4) is 0 Å². The zero-order valence-corrected chi connectivity index (χ0v) is 11.8. The average molecular weight is 284 g/mol. The summed E-state index contributed by atoms with van der Waals surface area (Å²) in [5.74, 6) is 0.282. The molecule has 0 radical (unpaired) electrons. The maximum Gasteiger partial charge on any atom is 0.323 e. The Labute approximate surface area is 119 Å². The number of carboxylic acid groups (broad SMARTS) is 1. The average Bonchev–Trinajstić information content (AvgIpc) is 3.25. The predicted octanol–water partition coefficient (Wildman–Crippen LogP) is 1.31. The van der Waals surface area contributed by atoms with Gasteiger partial charge in [-0.1, -0.05) is 0 Å². The van der Waals surface area contributed by atoms with Crippen molar-refractivity contribution in [2.75, 3.05) is 32.8 Å². The molecule has 0 aromatic rings. The summed E-state index contributed by atoms with van der Waals surface area (Å²) >= 11 is 0. The second-order valence-electron chi connectivity index (χ2n) is 5.82. The smallest absolute Gasteiger partial charge is 0.323 e. The lowest BCUT2D eigenvalue weighted by Gasteiger charge is -2.21. The molecule has 2 aliphatic rings. The molecule has 0 aromatic carbocycles. The van der Waals surface area contributed by atoms with E-state index in [1.54, 1.807) is 0 Å². The first-order valence-corrected chi connectivity index (χ1v) is 7.47. The summed E-state index contributed by atoms with van der Waals surface area (Å²) in [6.45, 7) is 2.35. The summed E-state index contributed by atoms with van der Waals surface area (Å²) in [6, 6.07) is -0.276. The summed E-state index contributed by atoms with van der Waals surface area (Å²) in [7, 11) is 0. The van der Waals surface area contributed by atoms with E-state index in [1.807, 2.05) is 0 Å². The summed E-state index contributed by atoms with van der Waals surface area (Å²) in [5.41, 5.74) is 0. The third-order valence-electron chi connectivity index (χ3n) is 3.58. The van der Waals surface area contributed by atoms with Gasteiger partial charge in [0.15, 0.2) is 0 Å². The van der Waals surface area contributed by atoms with Crippen LogP contribution in [0.4, 0.5) is 4.79 Å². The largest absolute Gasteiger partial charge is 0.480 e. The van der Waals surface area contributed by atoms with E-state index in [4.69, 9.17) is 9.84 Å². The third-order valence-corrected chi connectivity index (χ3v) is 3.58. The molecule has 20 heavy (non-hydrogen) atoms. The van der Waals surface area contributed by atoms with E-state index in [9.17, 15) is 9.59 Å². The lowest BCUT2D eigenvalue weighted by Crippen LogP contribution is -2.44. The molecule has 2 fully saturated rings. The Bertz CT molecular complexity index is 340. The Morgan fingerprint density at radius 3 is 2.50 bits per heavy atom. The Hall–Kier alpha value is -1.30. The van der Waals surface area contributed by atoms with E-state index in [-0.39, 0.29) is 12.6 Å². The number of carbonyl (C=O) groups is 2. The fraction of sp³-hybridized carbons (Fsp3) is 0.857. The van der Waals surface area contributed by atoms with Crippen LogP contribution in [-0.4, -0.2) is 54.9 Å². The highest BCUT2D eigenvalue weighted by Gasteiger charge is 2.27. The first-order chi connectivity index (χ1) is 9.65. The number of nitrogens with zero attached hydrogens (tertiary/aromatic N) is 1. The van der Waals surface area contributed by atoms with Crippen molar-refractivity contribution in [3.8, 4) is 0 Å².